The summed E-state index contributed by atoms with van der Waals surface area (Å²) in [6, 6.07) is 0.225. The van der Waals surface area contributed by atoms with Gasteiger partial charge in [-0.3, -0.25) is 4.90 Å². The normalized spacial score (nSPS) is 19.5. The second-order valence-electron chi connectivity index (χ2n) is 7.66. The Kier molecular flexibility index (Phi) is 5.98. The van der Waals surface area contributed by atoms with E-state index < -0.39 is 0 Å². The van der Waals surface area contributed by atoms with Gasteiger partial charge in [-0.15, -0.1) is 0 Å². The number of piperazine rings is 1. The van der Waals surface area contributed by atoms with Crippen LogP contribution in [-0.2, 0) is 6.42 Å². The zero-order valence-corrected chi connectivity index (χ0v) is 14.9. The van der Waals surface area contributed by atoms with Crippen LogP contribution in [0.3, 0.4) is 0 Å². The summed E-state index contributed by atoms with van der Waals surface area (Å²) in [5.74, 6) is 1.61. The Morgan fingerprint density at radius 1 is 1.18 bits per heavy atom. The first-order chi connectivity index (χ1) is 10.4. The molecule has 1 aromatic heterocycles. The van der Waals surface area contributed by atoms with Crippen molar-refractivity contribution < 1.29 is 4.52 Å². The third-order valence-electron chi connectivity index (χ3n) is 4.45. The van der Waals surface area contributed by atoms with Gasteiger partial charge in [0.2, 0.25) is 5.89 Å². The second kappa shape index (κ2) is 7.55. The van der Waals surface area contributed by atoms with Crippen molar-refractivity contribution >= 4 is 0 Å². The largest absolute Gasteiger partial charge is 0.338 e. The van der Waals surface area contributed by atoms with E-state index in [1.54, 1.807) is 0 Å². The molecule has 0 amide bonds. The van der Waals surface area contributed by atoms with Gasteiger partial charge in [-0.2, -0.15) is 4.98 Å². The van der Waals surface area contributed by atoms with Crippen LogP contribution in [0.2, 0.25) is 0 Å². The Balaban J connectivity index is 1.80. The third-order valence-corrected chi connectivity index (χ3v) is 4.45. The van der Waals surface area contributed by atoms with Gasteiger partial charge in [-0.25, -0.2) is 0 Å². The van der Waals surface area contributed by atoms with Crippen LogP contribution in [0.4, 0.5) is 0 Å². The Bertz CT molecular complexity index is 444. The predicted octanol–water partition coefficient (Wildman–Crippen LogP) is 3.14. The lowest BCUT2D eigenvalue weighted by molar-refractivity contribution is 0.0821. The van der Waals surface area contributed by atoms with Crippen molar-refractivity contribution in [1.29, 1.82) is 0 Å². The van der Waals surface area contributed by atoms with Crippen LogP contribution in [0.25, 0.3) is 0 Å². The van der Waals surface area contributed by atoms with Crippen LogP contribution in [0.15, 0.2) is 4.52 Å². The minimum Gasteiger partial charge on any atom is -0.338 e. The van der Waals surface area contributed by atoms with Gasteiger partial charge in [0, 0.05) is 32.6 Å². The number of aryl methyl sites for hydroxylation is 1. The number of rotatable bonds is 6. The monoisotopic (exact) mass is 308 g/mol. The van der Waals surface area contributed by atoms with Gasteiger partial charge in [0.15, 0.2) is 5.82 Å². The molecule has 0 saturated carbocycles. The molecule has 1 aliphatic heterocycles. The Hall–Kier alpha value is -0.940. The first-order valence-electron chi connectivity index (χ1n) is 8.68. The molecule has 0 radical (unpaired) electrons. The summed E-state index contributed by atoms with van der Waals surface area (Å²) in [7, 11) is 0. The Morgan fingerprint density at radius 3 is 2.45 bits per heavy atom. The highest BCUT2D eigenvalue weighted by atomic mass is 16.5. The van der Waals surface area contributed by atoms with Crippen molar-refractivity contribution in [1.82, 2.24) is 19.9 Å². The minimum absolute atomic E-state index is 0.225. The summed E-state index contributed by atoms with van der Waals surface area (Å²) in [5, 5.41) is 4.07. The lowest BCUT2D eigenvalue weighted by atomic mass is 9.92. The molecule has 1 atom stereocenters. The molecule has 0 bridgehead atoms. The van der Waals surface area contributed by atoms with E-state index in [2.05, 4.69) is 54.6 Å². The highest BCUT2D eigenvalue weighted by Crippen LogP contribution is 2.22. The predicted molar refractivity (Wildman–Crippen MR) is 88.8 cm³/mol. The van der Waals surface area contributed by atoms with Crippen molar-refractivity contribution in [2.45, 2.75) is 59.9 Å². The van der Waals surface area contributed by atoms with Gasteiger partial charge < -0.3 is 9.42 Å². The molecule has 0 unspecified atom stereocenters. The molecule has 1 saturated heterocycles. The number of hydrogen-bond donors (Lipinski definition) is 0. The maximum absolute atomic E-state index is 5.43. The number of aromatic nitrogens is 2. The molecular formula is C17H32N4O. The van der Waals surface area contributed by atoms with Gasteiger partial charge in [0.1, 0.15) is 0 Å². The average Bonchev–Trinajstić information content (AvgIpc) is 2.93. The zero-order chi connectivity index (χ0) is 16.2. The van der Waals surface area contributed by atoms with Crippen LogP contribution < -0.4 is 0 Å². The lowest BCUT2D eigenvalue weighted by Gasteiger charge is -2.37. The number of hydrogen-bond acceptors (Lipinski definition) is 5. The van der Waals surface area contributed by atoms with E-state index in [-0.39, 0.29) is 6.04 Å². The van der Waals surface area contributed by atoms with Crippen molar-refractivity contribution in [3.63, 3.8) is 0 Å². The molecule has 0 N–H and O–H groups in total. The second-order valence-corrected chi connectivity index (χ2v) is 7.66. The van der Waals surface area contributed by atoms with Crippen molar-refractivity contribution in [3.05, 3.63) is 11.7 Å². The topological polar surface area (TPSA) is 45.4 Å². The average molecular weight is 308 g/mol. The fraction of sp³-hybridized carbons (Fsp3) is 0.882. The van der Waals surface area contributed by atoms with Crippen LogP contribution >= 0.6 is 0 Å². The van der Waals surface area contributed by atoms with E-state index in [1.165, 1.54) is 13.0 Å². The summed E-state index contributed by atoms with van der Waals surface area (Å²) in [6.07, 6.45) is 3.21. The molecule has 0 aromatic carbocycles. The van der Waals surface area contributed by atoms with E-state index in [0.717, 1.165) is 50.7 Å². The zero-order valence-electron chi connectivity index (χ0n) is 14.9. The van der Waals surface area contributed by atoms with Crippen LogP contribution in [-0.4, -0.2) is 52.7 Å². The first kappa shape index (κ1) is 17.4. The fourth-order valence-electron chi connectivity index (χ4n) is 2.79. The van der Waals surface area contributed by atoms with E-state index in [9.17, 15) is 0 Å². The first-order valence-corrected chi connectivity index (χ1v) is 8.68. The highest BCUT2D eigenvalue weighted by molar-refractivity contribution is 4.93. The maximum atomic E-state index is 5.43. The van der Waals surface area contributed by atoms with Crippen LogP contribution in [0, 0.1) is 5.41 Å². The minimum atomic E-state index is 0.225. The highest BCUT2D eigenvalue weighted by Gasteiger charge is 2.26. The molecule has 1 aliphatic rings. The summed E-state index contributed by atoms with van der Waals surface area (Å²) < 4.78 is 5.43. The standard InChI is InChI=1S/C17H32N4O/c1-6-7-15-18-16(22-19-15)14(2)21-12-10-20(11-13-21)9-8-17(3,4)5/h14H,6-13H2,1-5H3/t14-/m1/s1. The smallest absolute Gasteiger partial charge is 0.243 e. The Morgan fingerprint density at radius 2 is 1.86 bits per heavy atom. The van der Waals surface area contributed by atoms with Crippen LogP contribution in [0.5, 0.6) is 0 Å². The third kappa shape index (κ3) is 5.06. The maximum Gasteiger partial charge on any atom is 0.243 e. The molecule has 5 nitrogen and oxygen atoms in total. The summed E-state index contributed by atoms with van der Waals surface area (Å²) >= 11 is 0. The molecule has 1 aromatic rings. The fourth-order valence-corrected chi connectivity index (χ4v) is 2.79. The van der Waals surface area contributed by atoms with E-state index in [0.29, 0.717) is 5.41 Å². The summed E-state index contributed by atoms with van der Waals surface area (Å²) in [6.45, 7) is 16.9. The quantitative estimate of drug-likeness (QED) is 0.808. The molecule has 1 fully saturated rings. The Labute approximate surface area is 135 Å². The van der Waals surface area contributed by atoms with Gasteiger partial charge in [-0.05, 0) is 31.7 Å². The van der Waals surface area contributed by atoms with E-state index >= 15 is 0 Å². The molecule has 0 spiro atoms. The molecule has 22 heavy (non-hydrogen) atoms. The SMILES string of the molecule is CCCc1noc([C@@H](C)N2CCN(CCC(C)(C)C)CC2)n1. The van der Waals surface area contributed by atoms with Gasteiger partial charge in [0.25, 0.3) is 0 Å². The molecule has 2 heterocycles. The summed E-state index contributed by atoms with van der Waals surface area (Å²) in [5.41, 5.74) is 0.420. The molecule has 5 heteroatoms. The van der Waals surface area contributed by atoms with Gasteiger partial charge in [0.05, 0.1) is 6.04 Å². The number of nitrogens with zero attached hydrogens (tertiary/aromatic N) is 4. The molecular weight excluding hydrogens is 276 g/mol. The van der Waals surface area contributed by atoms with Crippen molar-refractivity contribution in [3.8, 4) is 0 Å². The molecule has 2 rings (SSSR count). The van der Waals surface area contributed by atoms with Crippen molar-refractivity contribution in [2.24, 2.45) is 5.41 Å². The van der Waals surface area contributed by atoms with Crippen LogP contribution in [0.1, 0.15) is 65.2 Å². The van der Waals surface area contributed by atoms with Gasteiger partial charge >= 0.3 is 0 Å². The van der Waals surface area contributed by atoms with Gasteiger partial charge in [-0.1, -0.05) is 32.9 Å². The van der Waals surface area contributed by atoms with Crippen molar-refractivity contribution in [2.75, 3.05) is 32.7 Å². The summed E-state index contributed by atoms with van der Waals surface area (Å²) in [4.78, 5) is 9.56. The van der Waals surface area contributed by atoms with E-state index in [1.807, 2.05) is 0 Å². The lowest BCUT2D eigenvalue weighted by Crippen LogP contribution is -2.47. The molecule has 0 aliphatic carbocycles. The van der Waals surface area contributed by atoms with E-state index in [4.69, 9.17) is 4.52 Å². The molecule has 126 valence electrons.